The maximum absolute atomic E-state index is 11.2. The molecule has 0 bridgehead atoms. The van der Waals surface area contributed by atoms with E-state index in [-0.39, 0.29) is 12.0 Å². The van der Waals surface area contributed by atoms with E-state index in [1.807, 2.05) is 6.07 Å². The average Bonchev–Trinajstić information content (AvgIpc) is 2.75. The van der Waals surface area contributed by atoms with Gasteiger partial charge in [0, 0.05) is 5.41 Å². The molecule has 0 amide bonds. The first kappa shape index (κ1) is 13.6. The summed E-state index contributed by atoms with van der Waals surface area (Å²) in [5.74, 6) is 0. The highest BCUT2D eigenvalue weighted by Gasteiger charge is 2.37. The van der Waals surface area contributed by atoms with Crippen LogP contribution in [0.2, 0.25) is 0 Å². The molecular formula is C14H20O3S. The molecular weight excluding hydrogens is 248 g/mol. The first-order valence-corrected chi connectivity index (χ1v) is 8.15. The van der Waals surface area contributed by atoms with Gasteiger partial charge in [-0.05, 0) is 25.3 Å². The van der Waals surface area contributed by atoms with E-state index in [4.69, 9.17) is 4.18 Å². The van der Waals surface area contributed by atoms with Gasteiger partial charge < -0.3 is 0 Å². The van der Waals surface area contributed by atoms with Gasteiger partial charge in [0.25, 0.3) is 10.1 Å². The molecule has 0 aliphatic heterocycles. The van der Waals surface area contributed by atoms with Crippen LogP contribution in [0.3, 0.4) is 0 Å². The van der Waals surface area contributed by atoms with Gasteiger partial charge in [0.05, 0.1) is 12.9 Å². The topological polar surface area (TPSA) is 43.4 Å². The largest absolute Gasteiger partial charge is 0.269 e. The molecule has 0 radical (unpaired) electrons. The third kappa shape index (κ3) is 3.12. The molecule has 0 spiro atoms. The number of rotatable bonds is 4. The first-order valence-electron chi connectivity index (χ1n) is 6.33. The van der Waals surface area contributed by atoms with Crippen molar-refractivity contribution in [2.45, 2.75) is 38.0 Å². The minimum Gasteiger partial charge on any atom is -0.269 e. The maximum atomic E-state index is 11.2. The SMILES string of the molecule is Cc1cccc(C2(COS(C)(=O)=O)CCCC2)c1. The summed E-state index contributed by atoms with van der Waals surface area (Å²) in [5.41, 5.74) is 2.30. The van der Waals surface area contributed by atoms with Crippen LogP contribution < -0.4 is 0 Å². The number of hydrogen-bond donors (Lipinski definition) is 0. The third-order valence-corrected chi connectivity index (χ3v) is 4.29. The predicted octanol–water partition coefficient (Wildman–Crippen LogP) is 2.78. The molecule has 1 saturated carbocycles. The van der Waals surface area contributed by atoms with Gasteiger partial charge >= 0.3 is 0 Å². The van der Waals surface area contributed by atoms with E-state index in [0.717, 1.165) is 31.9 Å². The lowest BCUT2D eigenvalue weighted by molar-refractivity contribution is 0.224. The Labute approximate surface area is 109 Å². The fraction of sp³-hybridized carbons (Fsp3) is 0.571. The lowest BCUT2D eigenvalue weighted by atomic mass is 9.79. The number of benzene rings is 1. The zero-order chi connectivity index (χ0) is 13.2. The lowest BCUT2D eigenvalue weighted by Gasteiger charge is -2.29. The van der Waals surface area contributed by atoms with E-state index in [1.165, 1.54) is 11.1 Å². The van der Waals surface area contributed by atoms with Crippen LogP contribution in [0.25, 0.3) is 0 Å². The Kier molecular flexibility index (Phi) is 3.78. The lowest BCUT2D eigenvalue weighted by Crippen LogP contribution is -2.30. The van der Waals surface area contributed by atoms with E-state index in [2.05, 4.69) is 25.1 Å². The van der Waals surface area contributed by atoms with E-state index >= 15 is 0 Å². The highest BCUT2D eigenvalue weighted by Crippen LogP contribution is 2.41. The summed E-state index contributed by atoms with van der Waals surface area (Å²) in [6.07, 6.45) is 5.41. The zero-order valence-electron chi connectivity index (χ0n) is 11.0. The van der Waals surface area contributed by atoms with E-state index in [9.17, 15) is 8.42 Å². The molecule has 1 aliphatic rings. The summed E-state index contributed by atoms with van der Waals surface area (Å²) in [5, 5.41) is 0. The highest BCUT2D eigenvalue weighted by atomic mass is 32.2. The average molecular weight is 268 g/mol. The van der Waals surface area contributed by atoms with Gasteiger partial charge in [-0.15, -0.1) is 0 Å². The van der Waals surface area contributed by atoms with Crippen molar-refractivity contribution in [1.29, 1.82) is 0 Å². The molecule has 0 aromatic heterocycles. The van der Waals surface area contributed by atoms with Crippen LogP contribution in [0.4, 0.5) is 0 Å². The van der Waals surface area contributed by atoms with Gasteiger partial charge in [0.1, 0.15) is 0 Å². The maximum Gasteiger partial charge on any atom is 0.264 e. The van der Waals surface area contributed by atoms with Crippen molar-refractivity contribution >= 4 is 10.1 Å². The second kappa shape index (κ2) is 5.02. The van der Waals surface area contributed by atoms with Gasteiger partial charge in [0.2, 0.25) is 0 Å². The molecule has 1 fully saturated rings. The smallest absolute Gasteiger partial charge is 0.264 e. The second-order valence-electron chi connectivity index (χ2n) is 5.32. The molecule has 0 N–H and O–H groups in total. The minimum atomic E-state index is -3.37. The normalized spacial score (nSPS) is 19.0. The fourth-order valence-electron chi connectivity index (χ4n) is 2.76. The van der Waals surface area contributed by atoms with Gasteiger partial charge in [0.15, 0.2) is 0 Å². The summed E-state index contributed by atoms with van der Waals surface area (Å²) < 4.78 is 27.5. The van der Waals surface area contributed by atoms with Crippen molar-refractivity contribution in [2.24, 2.45) is 0 Å². The molecule has 1 aliphatic carbocycles. The van der Waals surface area contributed by atoms with E-state index in [0.29, 0.717) is 0 Å². The predicted molar refractivity (Wildman–Crippen MR) is 72.1 cm³/mol. The Bertz CT molecular complexity index is 514. The Hall–Kier alpha value is -0.870. The molecule has 0 heterocycles. The van der Waals surface area contributed by atoms with Gasteiger partial charge in [-0.1, -0.05) is 42.7 Å². The van der Waals surface area contributed by atoms with Gasteiger partial charge in [-0.2, -0.15) is 8.42 Å². The molecule has 100 valence electrons. The van der Waals surface area contributed by atoms with Gasteiger partial charge in [-0.25, -0.2) is 0 Å². The van der Waals surface area contributed by atoms with Crippen LogP contribution in [0.5, 0.6) is 0 Å². The van der Waals surface area contributed by atoms with Crippen molar-refractivity contribution in [2.75, 3.05) is 12.9 Å². The summed E-state index contributed by atoms with van der Waals surface area (Å²) in [6, 6.07) is 8.33. The Morgan fingerprint density at radius 3 is 2.50 bits per heavy atom. The Balaban J connectivity index is 2.27. The highest BCUT2D eigenvalue weighted by molar-refractivity contribution is 7.85. The summed E-state index contributed by atoms with van der Waals surface area (Å²) in [4.78, 5) is 0. The molecule has 3 nitrogen and oxygen atoms in total. The van der Waals surface area contributed by atoms with Crippen molar-refractivity contribution < 1.29 is 12.6 Å². The number of aryl methyl sites for hydroxylation is 1. The summed E-state index contributed by atoms with van der Waals surface area (Å²) in [7, 11) is -3.37. The molecule has 1 aromatic rings. The quantitative estimate of drug-likeness (QED) is 0.789. The minimum absolute atomic E-state index is 0.116. The first-order chi connectivity index (χ1) is 8.41. The van der Waals surface area contributed by atoms with E-state index < -0.39 is 10.1 Å². The summed E-state index contributed by atoms with van der Waals surface area (Å²) >= 11 is 0. The third-order valence-electron chi connectivity index (χ3n) is 3.74. The standard InChI is InChI=1S/C14H20O3S/c1-12-6-5-7-13(10-12)14(8-3-4-9-14)11-17-18(2,15)16/h5-7,10H,3-4,8-9,11H2,1-2H3. The van der Waals surface area contributed by atoms with Crippen LogP contribution in [0.1, 0.15) is 36.8 Å². The molecule has 4 heteroatoms. The Morgan fingerprint density at radius 1 is 1.28 bits per heavy atom. The molecule has 0 unspecified atom stereocenters. The fourth-order valence-corrected chi connectivity index (χ4v) is 3.20. The molecule has 18 heavy (non-hydrogen) atoms. The van der Waals surface area contributed by atoms with Crippen LogP contribution in [0, 0.1) is 6.92 Å². The molecule has 0 atom stereocenters. The molecule has 1 aromatic carbocycles. The zero-order valence-corrected chi connectivity index (χ0v) is 11.8. The monoisotopic (exact) mass is 268 g/mol. The molecule has 2 rings (SSSR count). The molecule has 0 saturated heterocycles. The van der Waals surface area contributed by atoms with Crippen LogP contribution in [0.15, 0.2) is 24.3 Å². The second-order valence-corrected chi connectivity index (χ2v) is 6.97. The van der Waals surface area contributed by atoms with Crippen molar-refractivity contribution in [1.82, 2.24) is 0 Å². The summed E-state index contributed by atoms with van der Waals surface area (Å²) in [6.45, 7) is 2.33. The van der Waals surface area contributed by atoms with Crippen LogP contribution in [-0.2, 0) is 19.7 Å². The van der Waals surface area contributed by atoms with Crippen LogP contribution >= 0.6 is 0 Å². The number of hydrogen-bond acceptors (Lipinski definition) is 3. The van der Waals surface area contributed by atoms with E-state index in [1.54, 1.807) is 0 Å². The van der Waals surface area contributed by atoms with Crippen molar-refractivity contribution in [3.63, 3.8) is 0 Å². The van der Waals surface area contributed by atoms with Crippen molar-refractivity contribution in [3.05, 3.63) is 35.4 Å². The van der Waals surface area contributed by atoms with Crippen molar-refractivity contribution in [3.8, 4) is 0 Å². The Morgan fingerprint density at radius 2 is 1.94 bits per heavy atom. The van der Waals surface area contributed by atoms with Crippen LogP contribution in [-0.4, -0.2) is 21.3 Å². The van der Waals surface area contributed by atoms with Gasteiger partial charge in [-0.3, -0.25) is 4.18 Å².